The van der Waals surface area contributed by atoms with Crippen molar-refractivity contribution >= 4 is 15.9 Å². The predicted molar refractivity (Wildman–Crippen MR) is 70.0 cm³/mol. The summed E-state index contributed by atoms with van der Waals surface area (Å²) in [6.07, 6.45) is 1.17. The summed E-state index contributed by atoms with van der Waals surface area (Å²) in [5, 5.41) is 3.60. The molecule has 0 radical (unpaired) electrons. The van der Waals surface area contributed by atoms with Crippen LogP contribution in [0.15, 0.2) is 28.7 Å². The Hall–Kier alpha value is -0.340. The van der Waals surface area contributed by atoms with Gasteiger partial charge in [0.1, 0.15) is 0 Å². The topological polar surface area (TPSA) is 12.0 Å². The summed E-state index contributed by atoms with van der Waals surface area (Å²) < 4.78 is 1.20. The van der Waals surface area contributed by atoms with Gasteiger partial charge in [0, 0.05) is 10.5 Å². The fourth-order valence-electron chi connectivity index (χ4n) is 1.73. The lowest BCUT2D eigenvalue weighted by Crippen LogP contribution is -2.26. The largest absolute Gasteiger partial charge is 0.310 e. The van der Waals surface area contributed by atoms with Gasteiger partial charge in [-0.15, -0.1) is 0 Å². The van der Waals surface area contributed by atoms with Crippen molar-refractivity contribution in [2.75, 3.05) is 6.54 Å². The third-order valence-electron chi connectivity index (χ3n) is 2.52. The molecule has 1 rings (SSSR count). The van der Waals surface area contributed by atoms with Crippen molar-refractivity contribution in [1.82, 2.24) is 5.32 Å². The molecule has 1 aromatic carbocycles. The number of hydrogen-bond acceptors (Lipinski definition) is 1. The molecule has 2 heteroatoms. The first kappa shape index (κ1) is 12.7. The van der Waals surface area contributed by atoms with Crippen molar-refractivity contribution in [2.45, 2.75) is 33.2 Å². The lowest BCUT2D eigenvalue weighted by molar-refractivity contribution is 0.411. The summed E-state index contributed by atoms with van der Waals surface area (Å²) >= 11 is 3.62. The molecule has 0 heterocycles. The van der Waals surface area contributed by atoms with Crippen LogP contribution in [-0.2, 0) is 0 Å². The van der Waals surface area contributed by atoms with Gasteiger partial charge < -0.3 is 5.32 Å². The molecule has 1 N–H and O–H groups in total. The quantitative estimate of drug-likeness (QED) is 0.847. The number of hydrogen-bond donors (Lipinski definition) is 1. The van der Waals surface area contributed by atoms with E-state index < -0.39 is 0 Å². The minimum Gasteiger partial charge on any atom is -0.310 e. The van der Waals surface area contributed by atoms with Gasteiger partial charge >= 0.3 is 0 Å². The fourth-order valence-corrected chi connectivity index (χ4v) is 2.26. The molecule has 0 aromatic heterocycles. The van der Waals surface area contributed by atoms with E-state index in [1.54, 1.807) is 0 Å². The second-order valence-corrected chi connectivity index (χ2v) is 5.05. The van der Waals surface area contributed by atoms with E-state index >= 15 is 0 Å². The van der Waals surface area contributed by atoms with Crippen LogP contribution < -0.4 is 5.32 Å². The molecule has 0 saturated carbocycles. The molecule has 0 fully saturated rings. The summed E-state index contributed by atoms with van der Waals surface area (Å²) in [5.41, 5.74) is 1.36. The van der Waals surface area contributed by atoms with E-state index in [4.69, 9.17) is 0 Å². The second-order valence-electron chi connectivity index (χ2n) is 4.20. The van der Waals surface area contributed by atoms with E-state index in [2.05, 4.69) is 66.3 Å². The molecule has 0 spiro atoms. The molecule has 0 aliphatic heterocycles. The zero-order valence-corrected chi connectivity index (χ0v) is 11.3. The van der Waals surface area contributed by atoms with E-state index in [1.807, 2.05) is 0 Å². The smallest absolute Gasteiger partial charge is 0.0354 e. The van der Waals surface area contributed by atoms with E-state index in [0.717, 1.165) is 6.54 Å². The molecule has 0 amide bonds. The molecule has 15 heavy (non-hydrogen) atoms. The standard InChI is InChI=1S/C13H20BrN/c1-4-9-15-13(10(2)3)11-7-5-6-8-12(11)14/h5-8,10,13,15H,4,9H2,1-3H3. The Balaban J connectivity index is 2.84. The summed E-state index contributed by atoms with van der Waals surface area (Å²) in [6.45, 7) is 7.79. The fraction of sp³-hybridized carbons (Fsp3) is 0.538. The second kappa shape index (κ2) is 6.29. The van der Waals surface area contributed by atoms with Crippen LogP contribution in [-0.4, -0.2) is 6.54 Å². The van der Waals surface area contributed by atoms with Gasteiger partial charge in [-0.25, -0.2) is 0 Å². The highest BCUT2D eigenvalue weighted by atomic mass is 79.9. The van der Waals surface area contributed by atoms with Gasteiger partial charge in [-0.2, -0.15) is 0 Å². The Morgan fingerprint density at radius 3 is 2.47 bits per heavy atom. The van der Waals surface area contributed by atoms with E-state index in [9.17, 15) is 0 Å². The number of rotatable bonds is 5. The van der Waals surface area contributed by atoms with E-state index in [0.29, 0.717) is 12.0 Å². The first-order chi connectivity index (χ1) is 7.16. The highest BCUT2D eigenvalue weighted by Gasteiger charge is 2.16. The van der Waals surface area contributed by atoms with Gasteiger partial charge in [0.25, 0.3) is 0 Å². The van der Waals surface area contributed by atoms with Crippen LogP contribution in [0.5, 0.6) is 0 Å². The van der Waals surface area contributed by atoms with Crippen LogP contribution in [0.1, 0.15) is 38.8 Å². The highest BCUT2D eigenvalue weighted by molar-refractivity contribution is 9.10. The summed E-state index contributed by atoms with van der Waals surface area (Å²) in [5.74, 6) is 0.607. The third-order valence-corrected chi connectivity index (χ3v) is 3.24. The summed E-state index contributed by atoms with van der Waals surface area (Å²) in [6, 6.07) is 8.91. The molecule has 0 bridgehead atoms. The summed E-state index contributed by atoms with van der Waals surface area (Å²) in [7, 11) is 0. The SMILES string of the molecule is CCCNC(c1ccccc1Br)C(C)C. The molecule has 1 aromatic rings. The molecular weight excluding hydrogens is 250 g/mol. The molecule has 0 aliphatic rings. The van der Waals surface area contributed by atoms with Gasteiger partial charge in [0.2, 0.25) is 0 Å². The molecule has 1 nitrogen and oxygen atoms in total. The maximum atomic E-state index is 3.62. The first-order valence-electron chi connectivity index (χ1n) is 5.64. The minimum atomic E-state index is 0.445. The van der Waals surface area contributed by atoms with Crippen molar-refractivity contribution < 1.29 is 0 Å². The Labute approximate surface area is 101 Å². The lowest BCUT2D eigenvalue weighted by Gasteiger charge is -2.23. The average molecular weight is 270 g/mol. The zero-order valence-electron chi connectivity index (χ0n) is 9.76. The molecule has 1 atom stereocenters. The van der Waals surface area contributed by atoms with E-state index in [1.165, 1.54) is 16.5 Å². The Morgan fingerprint density at radius 1 is 1.27 bits per heavy atom. The maximum Gasteiger partial charge on any atom is 0.0354 e. The number of benzene rings is 1. The van der Waals surface area contributed by atoms with Crippen LogP contribution in [0.2, 0.25) is 0 Å². The molecule has 1 unspecified atom stereocenters. The monoisotopic (exact) mass is 269 g/mol. The Kier molecular flexibility index (Phi) is 5.34. The van der Waals surface area contributed by atoms with Gasteiger partial charge in [-0.3, -0.25) is 0 Å². The molecule has 84 valence electrons. The van der Waals surface area contributed by atoms with Gasteiger partial charge in [0.05, 0.1) is 0 Å². The van der Waals surface area contributed by atoms with Crippen molar-refractivity contribution in [3.05, 3.63) is 34.3 Å². The van der Waals surface area contributed by atoms with E-state index in [-0.39, 0.29) is 0 Å². The minimum absolute atomic E-state index is 0.445. The van der Waals surface area contributed by atoms with Crippen LogP contribution in [0, 0.1) is 5.92 Å². The lowest BCUT2D eigenvalue weighted by atomic mass is 9.96. The van der Waals surface area contributed by atoms with Gasteiger partial charge in [-0.1, -0.05) is 54.9 Å². The zero-order chi connectivity index (χ0) is 11.3. The normalized spacial score (nSPS) is 13.1. The van der Waals surface area contributed by atoms with Crippen molar-refractivity contribution in [3.63, 3.8) is 0 Å². The molecular formula is C13H20BrN. The van der Waals surface area contributed by atoms with Crippen molar-refractivity contribution in [3.8, 4) is 0 Å². The maximum absolute atomic E-state index is 3.62. The Morgan fingerprint density at radius 2 is 1.93 bits per heavy atom. The average Bonchev–Trinajstić information content (AvgIpc) is 2.20. The van der Waals surface area contributed by atoms with Crippen LogP contribution >= 0.6 is 15.9 Å². The summed E-state index contributed by atoms with van der Waals surface area (Å²) in [4.78, 5) is 0. The third kappa shape index (κ3) is 3.62. The van der Waals surface area contributed by atoms with Gasteiger partial charge in [-0.05, 0) is 30.5 Å². The molecule has 0 saturated heterocycles. The Bertz CT molecular complexity index is 296. The van der Waals surface area contributed by atoms with Gasteiger partial charge in [0.15, 0.2) is 0 Å². The van der Waals surface area contributed by atoms with Crippen LogP contribution in [0.4, 0.5) is 0 Å². The number of nitrogens with one attached hydrogen (secondary N) is 1. The number of halogens is 1. The van der Waals surface area contributed by atoms with Crippen LogP contribution in [0.25, 0.3) is 0 Å². The van der Waals surface area contributed by atoms with Crippen molar-refractivity contribution in [1.29, 1.82) is 0 Å². The predicted octanol–water partition coefficient (Wildman–Crippen LogP) is 4.15. The molecule has 0 aliphatic carbocycles. The highest BCUT2D eigenvalue weighted by Crippen LogP contribution is 2.28. The first-order valence-corrected chi connectivity index (χ1v) is 6.44. The van der Waals surface area contributed by atoms with Crippen LogP contribution in [0.3, 0.4) is 0 Å². The van der Waals surface area contributed by atoms with Crippen molar-refractivity contribution in [2.24, 2.45) is 5.92 Å².